The van der Waals surface area contributed by atoms with Crippen LogP contribution in [-0.2, 0) is 4.74 Å². The molecule has 0 saturated carbocycles. The SMILES string of the molecule is Clc1nc(C2CCOCC2)c2ccccc2n1. The average Bonchev–Trinajstić information content (AvgIpc) is 2.39. The lowest BCUT2D eigenvalue weighted by molar-refractivity contribution is 0.0848. The van der Waals surface area contributed by atoms with Gasteiger partial charge in [0, 0.05) is 24.5 Å². The zero-order valence-corrected chi connectivity index (χ0v) is 10.2. The molecule has 3 rings (SSSR count). The second kappa shape index (κ2) is 4.59. The molecule has 0 aliphatic carbocycles. The quantitative estimate of drug-likeness (QED) is 0.727. The van der Waals surface area contributed by atoms with Crippen LogP contribution in [0.25, 0.3) is 10.9 Å². The number of benzene rings is 1. The lowest BCUT2D eigenvalue weighted by atomic mass is 9.93. The van der Waals surface area contributed by atoms with Crippen LogP contribution in [0.1, 0.15) is 24.5 Å². The van der Waals surface area contributed by atoms with E-state index in [1.165, 1.54) is 0 Å². The Balaban J connectivity index is 2.13. The van der Waals surface area contributed by atoms with Crippen LogP contribution in [0.5, 0.6) is 0 Å². The number of hydrogen-bond acceptors (Lipinski definition) is 3. The summed E-state index contributed by atoms with van der Waals surface area (Å²) in [7, 11) is 0. The molecule has 0 atom stereocenters. The molecule has 1 saturated heterocycles. The van der Waals surface area contributed by atoms with Crippen LogP contribution >= 0.6 is 11.6 Å². The fraction of sp³-hybridized carbons (Fsp3) is 0.385. The van der Waals surface area contributed by atoms with Crippen molar-refractivity contribution < 1.29 is 4.74 Å². The Labute approximate surface area is 105 Å². The molecule has 2 aromatic rings. The third-order valence-electron chi connectivity index (χ3n) is 3.21. The third-order valence-corrected chi connectivity index (χ3v) is 3.38. The van der Waals surface area contributed by atoms with Gasteiger partial charge in [0.1, 0.15) is 0 Å². The van der Waals surface area contributed by atoms with Crippen molar-refractivity contribution in [2.24, 2.45) is 0 Å². The fourth-order valence-corrected chi connectivity index (χ4v) is 2.54. The summed E-state index contributed by atoms with van der Waals surface area (Å²) in [5.41, 5.74) is 2.00. The monoisotopic (exact) mass is 248 g/mol. The Bertz CT molecular complexity index is 538. The van der Waals surface area contributed by atoms with Gasteiger partial charge < -0.3 is 4.74 Å². The summed E-state index contributed by atoms with van der Waals surface area (Å²) in [4.78, 5) is 8.68. The van der Waals surface area contributed by atoms with Gasteiger partial charge in [-0.15, -0.1) is 0 Å². The van der Waals surface area contributed by atoms with Gasteiger partial charge >= 0.3 is 0 Å². The van der Waals surface area contributed by atoms with Crippen LogP contribution in [0, 0.1) is 0 Å². The standard InChI is InChI=1S/C13H13ClN2O/c14-13-15-11-4-2-1-3-10(11)12(16-13)9-5-7-17-8-6-9/h1-4,9H,5-8H2. The highest BCUT2D eigenvalue weighted by atomic mass is 35.5. The first kappa shape index (κ1) is 10.9. The van der Waals surface area contributed by atoms with E-state index in [0.717, 1.165) is 42.7 Å². The van der Waals surface area contributed by atoms with Gasteiger partial charge in [-0.3, -0.25) is 0 Å². The Kier molecular flexibility index (Phi) is 2.95. The molecule has 1 fully saturated rings. The molecule has 17 heavy (non-hydrogen) atoms. The lowest BCUT2D eigenvalue weighted by Crippen LogP contribution is -2.15. The smallest absolute Gasteiger partial charge is 0.223 e. The molecule has 1 aromatic heterocycles. The molecule has 0 radical (unpaired) electrons. The summed E-state index contributed by atoms with van der Waals surface area (Å²) < 4.78 is 5.39. The molecule has 1 aromatic carbocycles. The van der Waals surface area contributed by atoms with Crippen molar-refractivity contribution in [3.05, 3.63) is 35.2 Å². The minimum atomic E-state index is 0.338. The highest BCUT2D eigenvalue weighted by Gasteiger charge is 2.20. The number of aromatic nitrogens is 2. The van der Waals surface area contributed by atoms with Crippen LogP contribution in [0.3, 0.4) is 0 Å². The minimum Gasteiger partial charge on any atom is -0.381 e. The summed E-state index contributed by atoms with van der Waals surface area (Å²) in [6.07, 6.45) is 2.02. The van der Waals surface area contributed by atoms with Crippen molar-refractivity contribution in [2.45, 2.75) is 18.8 Å². The van der Waals surface area contributed by atoms with Crippen molar-refractivity contribution in [2.75, 3.05) is 13.2 Å². The molecule has 2 heterocycles. The maximum atomic E-state index is 5.99. The van der Waals surface area contributed by atoms with E-state index in [2.05, 4.69) is 16.0 Å². The molecule has 0 bridgehead atoms. The normalized spacial score (nSPS) is 17.5. The molecular formula is C13H13ClN2O. The van der Waals surface area contributed by atoms with Gasteiger partial charge in [-0.1, -0.05) is 18.2 Å². The first-order valence-electron chi connectivity index (χ1n) is 5.84. The van der Waals surface area contributed by atoms with Crippen molar-refractivity contribution in [1.82, 2.24) is 9.97 Å². The zero-order valence-electron chi connectivity index (χ0n) is 9.40. The first-order chi connectivity index (χ1) is 8.34. The van der Waals surface area contributed by atoms with Crippen molar-refractivity contribution in [3.63, 3.8) is 0 Å². The van der Waals surface area contributed by atoms with Crippen molar-refractivity contribution >= 4 is 22.5 Å². The third kappa shape index (κ3) is 2.13. The summed E-state index contributed by atoms with van der Waals surface area (Å²) in [6, 6.07) is 8.03. The Morgan fingerprint density at radius 3 is 2.71 bits per heavy atom. The molecule has 0 N–H and O–H groups in total. The number of fused-ring (bicyclic) bond motifs is 1. The highest BCUT2D eigenvalue weighted by molar-refractivity contribution is 6.28. The average molecular weight is 249 g/mol. The maximum absolute atomic E-state index is 5.99. The van der Waals surface area contributed by atoms with Gasteiger partial charge in [0.05, 0.1) is 11.2 Å². The number of rotatable bonds is 1. The topological polar surface area (TPSA) is 35.0 Å². The number of hydrogen-bond donors (Lipinski definition) is 0. The van der Waals surface area contributed by atoms with Crippen molar-refractivity contribution in [3.8, 4) is 0 Å². The highest BCUT2D eigenvalue weighted by Crippen LogP contribution is 2.31. The van der Waals surface area contributed by atoms with E-state index in [1.54, 1.807) is 0 Å². The van der Waals surface area contributed by atoms with Gasteiger partial charge in [-0.05, 0) is 30.5 Å². The Hall–Kier alpha value is -1.19. The van der Waals surface area contributed by atoms with Gasteiger partial charge in [0.15, 0.2) is 0 Å². The lowest BCUT2D eigenvalue weighted by Gasteiger charge is -2.22. The molecule has 0 amide bonds. The second-order valence-electron chi connectivity index (χ2n) is 4.28. The van der Waals surface area contributed by atoms with Gasteiger partial charge in [-0.2, -0.15) is 0 Å². The maximum Gasteiger partial charge on any atom is 0.223 e. The Morgan fingerprint density at radius 2 is 1.88 bits per heavy atom. The predicted octanol–water partition coefficient (Wildman–Crippen LogP) is 3.18. The zero-order chi connectivity index (χ0) is 11.7. The summed E-state index contributed by atoms with van der Waals surface area (Å²) in [5, 5.41) is 1.45. The molecular weight excluding hydrogens is 236 g/mol. The number of ether oxygens (including phenoxy) is 1. The summed E-state index contributed by atoms with van der Waals surface area (Å²) >= 11 is 5.99. The van der Waals surface area contributed by atoms with E-state index in [9.17, 15) is 0 Å². The number of nitrogens with zero attached hydrogens (tertiary/aromatic N) is 2. The van der Waals surface area contributed by atoms with Gasteiger partial charge in [0.25, 0.3) is 0 Å². The molecule has 0 spiro atoms. The molecule has 3 nitrogen and oxygen atoms in total. The van der Waals surface area contributed by atoms with Crippen LogP contribution in [0.4, 0.5) is 0 Å². The van der Waals surface area contributed by atoms with Crippen molar-refractivity contribution in [1.29, 1.82) is 0 Å². The van der Waals surface area contributed by atoms with Crippen LogP contribution in [0.15, 0.2) is 24.3 Å². The first-order valence-corrected chi connectivity index (χ1v) is 6.22. The number of halogens is 1. The summed E-state index contributed by atoms with van der Waals surface area (Å²) in [5.74, 6) is 0.439. The van der Waals surface area contributed by atoms with E-state index in [1.807, 2.05) is 18.2 Å². The fourth-order valence-electron chi connectivity index (χ4n) is 2.35. The van der Waals surface area contributed by atoms with E-state index in [-0.39, 0.29) is 0 Å². The van der Waals surface area contributed by atoms with E-state index in [0.29, 0.717) is 11.2 Å². The van der Waals surface area contributed by atoms with Crippen LogP contribution in [0.2, 0.25) is 5.28 Å². The molecule has 1 aliphatic rings. The molecule has 4 heteroatoms. The van der Waals surface area contributed by atoms with Gasteiger partial charge in [-0.25, -0.2) is 9.97 Å². The van der Waals surface area contributed by atoms with Crippen LogP contribution in [-0.4, -0.2) is 23.2 Å². The van der Waals surface area contributed by atoms with E-state index < -0.39 is 0 Å². The Morgan fingerprint density at radius 1 is 1.12 bits per heavy atom. The number of para-hydroxylation sites is 1. The molecule has 0 unspecified atom stereocenters. The van der Waals surface area contributed by atoms with Gasteiger partial charge in [0.2, 0.25) is 5.28 Å². The van der Waals surface area contributed by atoms with E-state index >= 15 is 0 Å². The largest absolute Gasteiger partial charge is 0.381 e. The predicted molar refractivity (Wildman–Crippen MR) is 67.3 cm³/mol. The molecule has 1 aliphatic heterocycles. The summed E-state index contributed by atoms with van der Waals surface area (Å²) in [6.45, 7) is 1.61. The second-order valence-corrected chi connectivity index (χ2v) is 4.62. The minimum absolute atomic E-state index is 0.338. The molecule has 88 valence electrons. The van der Waals surface area contributed by atoms with Crippen LogP contribution < -0.4 is 0 Å². The van der Waals surface area contributed by atoms with E-state index in [4.69, 9.17) is 16.3 Å².